The number of nitrogens with zero attached hydrogens (tertiary/aromatic N) is 5. The van der Waals surface area contributed by atoms with Gasteiger partial charge in [-0.25, -0.2) is 4.98 Å². The van der Waals surface area contributed by atoms with Gasteiger partial charge in [0.2, 0.25) is 0 Å². The van der Waals surface area contributed by atoms with Crippen LogP contribution in [0.2, 0.25) is 0 Å². The fourth-order valence-corrected chi connectivity index (χ4v) is 3.14. The van der Waals surface area contributed by atoms with Crippen molar-refractivity contribution in [1.29, 1.82) is 0 Å². The van der Waals surface area contributed by atoms with Crippen LogP contribution < -0.4 is 5.32 Å². The van der Waals surface area contributed by atoms with Crippen LogP contribution in [0.15, 0.2) is 42.7 Å². The van der Waals surface area contributed by atoms with E-state index in [-0.39, 0.29) is 11.9 Å². The van der Waals surface area contributed by atoms with Crippen LogP contribution in [0.4, 0.5) is 0 Å². The number of amides is 1. The van der Waals surface area contributed by atoms with Crippen LogP contribution in [0.3, 0.4) is 0 Å². The normalized spacial score (nSPS) is 12.4. The first-order chi connectivity index (χ1) is 13.0. The SMILES string of the molecule is Cc1nc2ccccc2n1Cc1cc(C(=O)N[C@@H](C)c2cnn(C)c2)n[nH]1. The van der Waals surface area contributed by atoms with E-state index in [2.05, 4.69) is 30.2 Å². The molecule has 8 nitrogen and oxygen atoms in total. The molecule has 2 N–H and O–H groups in total. The molecule has 0 unspecified atom stereocenters. The lowest BCUT2D eigenvalue weighted by Crippen LogP contribution is -2.26. The monoisotopic (exact) mass is 363 g/mol. The summed E-state index contributed by atoms with van der Waals surface area (Å²) in [4.78, 5) is 17.1. The molecule has 3 heterocycles. The highest BCUT2D eigenvalue weighted by Gasteiger charge is 2.16. The van der Waals surface area contributed by atoms with Crippen molar-refractivity contribution in [1.82, 2.24) is 34.8 Å². The van der Waals surface area contributed by atoms with Gasteiger partial charge in [-0.2, -0.15) is 10.2 Å². The van der Waals surface area contributed by atoms with Gasteiger partial charge in [0, 0.05) is 18.8 Å². The number of aromatic amines is 1. The molecular weight excluding hydrogens is 342 g/mol. The molecule has 0 fully saturated rings. The highest BCUT2D eigenvalue weighted by molar-refractivity contribution is 5.92. The molecule has 3 aromatic heterocycles. The number of H-pyrrole nitrogens is 1. The van der Waals surface area contributed by atoms with Gasteiger partial charge >= 0.3 is 0 Å². The zero-order valence-corrected chi connectivity index (χ0v) is 15.5. The predicted octanol–water partition coefficient (Wildman–Crippen LogP) is 2.34. The second kappa shape index (κ2) is 6.71. The third-order valence-electron chi connectivity index (χ3n) is 4.61. The number of hydrogen-bond acceptors (Lipinski definition) is 4. The summed E-state index contributed by atoms with van der Waals surface area (Å²) in [7, 11) is 1.85. The van der Waals surface area contributed by atoms with Gasteiger partial charge in [-0.05, 0) is 32.0 Å². The molecular formula is C19H21N7O. The minimum absolute atomic E-state index is 0.147. The van der Waals surface area contributed by atoms with E-state index in [1.165, 1.54) is 0 Å². The van der Waals surface area contributed by atoms with E-state index in [0.717, 1.165) is 28.1 Å². The maximum absolute atomic E-state index is 12.5. The van der Waals surface area contributed by atoms with Crippen molar-refractivity contribution in [2.24, 2.45) is 7.05 Å². The van der Waals surface area contributed by atoms with Crippen molar-refractivity contribution in [2.45, 2.75) is 26.4 Å². The molecule has 0 saturated heterocycles. The number of aromatic nitrogens is 6. The Bertz CT molecular complexity index is 1100. The summed E-state index contributed by atoms with van der Waals surface area (Å²) in [6, 6.07) is 9.62. The molecule has 1 amide bonds. The molecule has 0 bridgehead atoms. The smallest absolute Gasteiger partial charge is 0.272 e. The Hall–Kier alpha value is -3.42. The van der Waals surface area contributed by atoms with Gasteiger partial charge in [-0.15, -0.1) is 0 Å². The van der Waals surface area contributed by atoms with Crippen LogP contribution in [0.5, 0.6) is 0 Å². The first kappa shape index (κ1) is 17.0. The Morgan fingerprint density at radius 3 is 2.93 bits per heavy atom. The van der Waals surface area contributed by atoms with E-state index in [0.29, 0.717) is 12.2 Å². The molecule has 138 valence electrons. The fourth-order valence-electron chi connectivity index (χ4n) is 3.14. The Labute approximate surface area is 156 Å². The number of benzene rings is 1. The number of nitrogens with one attached hydrogen (secondary N) is 2. The van der Waals surface area contributed by atoms with Gasteiger partial charge in [0.1, 0.15) is 11.5 Å². The first-order valence-corrected chi connectivity index (χ1v) is 8.77. The number of rotatable bonds is 5. The van der Waals surface area contributed by atoms with Gasteiger partial charge in [-0.3, -0.25) is 14.6 Å². The van der Waals surface area contributed by atoms with Crippen molar-refractivity contribution in [3.05, 3.63) is 65.5 Å². The Balaban J connectivity index is 1.49. The standard InChI is InChI=1S/C19H21N7O/c1-12(14-9-20-25(3)10-14)21-19(27)17-8-15(23-24-17)11-26-13(2)22-16-6-4-5-7-18(16)26/h4-10,12H,11H2,1-3H3,(H,21,27)(H,23,24)/t12-/m0/s1. The molecule has 8 heteroatoms. The van der Waals surface area contributed by atoms with Gasteiger partial charge < -0.3 is 9.88 Å². The van der Waals surface area contributed by atoms with Crippen molar-refractivity contribution in [2.75, 3.05) is 0 Å². The van der Waals surface area contributed by atoms with E-state index in [1.54, 1.807) is 16.9 Å². The van der Waals surface area contributed by atoms with Gasteiger partial charge in [-0.1, -0.05) is 12.1 Å². The van der Waals surface area contributed by atoms with Crippen LogP contribution >= 0.6 is 0 Å². The van der Waals surface area contributed by atoms with Gasteiger partial charge in [0.05, 0.1) is 35.5 Å². The van der Waals surface area contributed by atoms with E-state index >= 15 is 0 Å². The lowest BCUT2D eigenvalue weighted by molar-refractivity contribution is 0.0935. The lowest BCUT2D eigenvalue weighted by atomic mass is 10.2. The minimum atomic E-state index is -0.221. The average molecular weight is 363 g/mol. The quantitative estimate of drug-likeness (QED) is 0.569. The Morgan fingerprint density at radius 1 is 1.33 bits per heavy atom. The summed E-state index contributed by atoms with van der Waals surface area (Å²) >= 11 is 0. The average Bonchev–Trinajstić information content (AvgIpc) is 3.35. The van der Waals surface area contributed by atoms with Crippen LogP contribution in [-0.4, -0.2) is 35.4 Å². The summed E-state index contributed by atoms with van der Waals surface area (Å²) < 4.78 is 3.81. The third-order valence-corrected chi connectivity index (χ3v) is 4.61. The van der Waals surface area contributed by atoms with Gasteiger partial charge in [0.25, 0.3) is 5.91 Å². The summed E-state index contributed by atoms with van der Waals surface area (Å²) in [5, 5.41) is 14.2. The molecule has 0 radical (unpaired) electrons. The molecule has 1 aromatic carbocycles. The zero-order chi connectivity index (χ0) is 19.0. The molecule has 1 atom stereocenters. The molecule has 0 spiro atoms. The minimum Gasteiger partial charge on any atom is -0.344 e. The summed E-state index contributed by atoms with van der Waals surface area (Å²) in [5.74, 6) is 0.697. The number of aryl methyl sites for hydroxylation is 2. The summed E-state index contributed by atoms with van der Waals surface area (Å²) in [6.45, 7) is 4.47. The number of carbonyl (C=O) groups excluding carboxylic acids is 1. The summed E-state index contributed by atoms with van der Waals surface area (Å²) in [5.41, 5.74) is 4.17. The second-order valence-electron chi connectivity index (χ2n) is 6.65. The van der Waals surface area contributed by atoms with Crippen LogP contribution in [0.1, 0.15) is 40.5 Å². The van der Waals surface area contributed by atoms with Crippen LogP contribution in [0, 0.1) is 6.92 Å². The number of hydrogen-bond donors (Lipinski definition) is 2. The van der Waals surface area contributed by atoms with Crippen molar-refractivity contribution >= 4 is 16.9 Å². The molecule has 4 rings (SSSR count). The van der Waals surface area contributed by atoms with E-state index in [9.17, 15) is 4.79 Å². The molecule has 4 aromatic rings. The third kappa shape index (κ3) is 3.33. The highest BCUT2D eigenvalue weighted by Crippen LogP contribution is 2.17. The van der Waals surface area contributed by atoms with E-state index in [4.69, 9.17) is 0 Å². The van der Waals surface area contributed by atoms with Crippen molar-refractivity contribution < 1.29 is 4.79 Å². The first-order valence-electron chi connectivity index (χ1n) is 8.77. The predicted molar refractivity (Wildman–Crippen MR) is 101 cm³/mol. The second-order valence-corrected chi connectivity index (χ2v) is 6.65. The molecule has 0 aliphatic heterocycles. The molecule has 0 saturated carbocycles. The van der Waals surface area contributed by atoms with Crippen LogP contribution in [-0.2, 0) is 13.6 Å². The maximum Gasteiger partial charge on any atom is 0.272 e. The van der Waals surface area contributed by atoms with Crippen molar-refractivity contribution in [3.63, 3.8) is 0 Å². The van der Waals surface area contributed by atoms with E-state index < -0.39 is 0 Å². The zero-order valence-electron chi connectivity index (χ0n) is 15.5. The number of carbonyl (C=O) groups is 1. The number of para-hydroxylation sites is 2. The molecule has 27 heavy (non-hydrogen) atoms. The van der Waals surface area contributed by atoms with Crippen LogP contribution in [0.25, 0.3) is 11.0 Å². The molecule has 0 aliphatic rings. The maximum atomic E-state index is 12.5. The fraction of sp³-hybridized carbons (Fsp3) is 0.263. The molecule has 0 aliphatic carbocycles. The topological polar surface area (TPSA) is 93.4 Å². The summed E-state index contributed by atoms with van der Waals surface area (Å²) in [6.07, 6.45) is 3.63. The Morgan fingerprint density at radius 2 is 2.15 bits per heavy atom. The number of imidazole rings is 1. The Kier molecular flexibility index (Phi) is 4.23. The largest absolute Gasteiger partial charge is 0.344 e. The highest BCUT2D eigenvalue weighted by atomic mass is 16.2. The number of fused-ring (bicyclic) bond motifs is 1. The lowest BCUT2D eigenvalue weighted by Gasteiger charge is -2.10. The van der Waals surface area contributed by atoms with Crippen molar-refractivity contribution in [3.8, 4) is 0 Å². The van der Waals surface area contributed by atoms with Gasteiger partial charge in [0.15, 0.2) is 0 Å². The van der Waals surface area contributed by atoms with E-state index in [1.807, 2.05) is 51.4 Å².